The lowest BCUT2D eigenvalue weighted by Gasteiger charge is -2.10. The largest absolute Gasteiger partial charge is 0.357 e. The summed E-state index contributed by atoms with van der Waals surface area (Å²) in [5.41, 5.74) is 3.20. The van der Waals surface area contributed by atoms with Crippen molar-refractivity contribution in [1.29, 1.82) is 0 Å². The van der Waals surface area contributed by atoms with E-state index >= 15 is 0 Å². The highest BCUT2D eigenvalue weighted by molar-refractivity contribution is 7.11. The predicted octanol–water partition coefficient (Wildman–Crippen LogP) is 3.41. The Morgan fingerprint density at radius 1 is 1.19 bits per heavy atom. The molecule has 0 aliphatic rings. The molecule has 1 aromatic carbocycles. The summed E-state index contributed by atoms with van der Waals surface area (Å²) in [6.07, 6.45) is 1.85. The van der Waals surface area contributed by atoms with E-state index in [-0.39, 0.29) is 0 Å². The van der Waals surface area contributed by atoms with Crippen molar-refractivity contribution in [1.82, 2.24) is 25.6 Å². The summed E-state index contributed by atoms with van der Waals surface area (Å²) in [6, 6.07) is 10.2. The van der Waals surface area contributed by atoms with Gasteiger partial charge in [0.05, 0.1) is 29.1 Å². The Hall–Kier alpha value is -2.67. The highest BCUT2D eigenvalue weighted by atomic mass is 32.1. The van der Waals surface area contributed by atoms with Gasteiger partial charge in [-0.3, -0.25) is 0 Å². The number of aromatic nitrogens is 3. The van der Waals surface area contributed by atoms with Gasteiger partial charge in [-0.25, -0.2) is 15.0 Å². The van der Waals surface area contributed by atoms with E-state index in [9.17, 15) is 0 Å². The second-order valence-electron chi connectivity index (χ2n) is 5.90. The maximum atomic E-state index is 4.63. The van der Waals surface area contributed by atoms with Gasteiger partial charge in [-0.15, -0.1) is 11.3 Å². The summed E-state index contributed by atoms with van der Waals surface area (Å²) >= 11 is 1.71. The van der Waals surface area contributed by atoms with Gasteiger partial charge in [0.25, 0.3) is 0 Å². The summed E-state index contributed by atoms with van der Waals surface area (Å²) in [5.74, 6) is 1.61. The van der Waals surface area contributed by atoms with Gasteiger partial charge in [-0.2, -0.15) is 0 Å². The van der Waals surface area contributed by atoms with Gasteiger partial charge in [0.1, 0.15) is 12.4 Å². The van der Waals surface area contributed by atoms with Crippen LogP contribution in [0, 0.1) is 13.8 Å². The first kappa shape index (κ1) is 18.1. The minimum Gasteiger partial charge on any atom is -0.357 e. The van der Waals surface area contributed by atoms with E-state index in [1.165, 1.54) is 4.88 Å². The molecular formula is C19H24N6S. The number of rotatable bonds is 6. The number of hydrogen-bond acceptors (Lipinski definition) is 4. The summed E-state index contributed by atoms with van der Waals surface area (Å²) in [5, 5.41) is 7.73. The lowest BCUT2D eigenvalue weighted by atomic mass is 10.2. The van der Waals surface area contributed by atoms with Crippen molar-refractivity contribution < 1.29 is 0 Å². The van der Waals surface area contributed by atoms with E-state index in [0.717, 1.165) is 46.8 Å². The molecule has 3 N–H and O–H groups in total. The summed E-state index contributed by atoms with van der Waals surface area (Å²) in [6.45, 7) is 8.14. The van der Waals surface area contributed by atoms with Gasteiger partial charge in [0, 0.05) is 11.4 Å². The van der Waals surface area contributed by atoms with Crippen molar-refractivity contribution in [3.63, 3.8) is 0 Å². The van der Waals surface area contributed by atoms with Crippen LogP contribution in [0.3, 0.4) is 0 Å². The van der Waals surface area contributed by atoms with E-state index in [4.69, 9.17) is 0 Å². The number of H-pyrrole nitrogens is 1. The van der Waals surface area contributed by atoms with Crippen LogP contribution >= 0.6 is 11.3 Å². The fourth-order valence-corrected chi connectivity index (χ4v) is 3.48. The van der Waals surface area contributed by atoms with Crippen LogP contribution in [0.15, 0.2) is 41.5 Å². The van der Waals surface area contributed by atoms with Crippen molar-refractivity contribution >= 4 is 17.3 Å². The van der Waals surface area contributed by atoms with Crippen LogP contribution in [0.4, 0.5) is 0 Å². The Labute approximate surface area is 157 Å². The summed E-state index contributed by atoms with van der Waals surface area (Å²) < 4.78 is 0. The van der Waals surface area contributed by atoms with Crippen LogP contribution in [-0.2, 0) is 13.1 Å². The first-order valence-corrected chi connectivity index (χ1v) is 9.51. The van der Waals surface area contributed by atoms with E-state index < -0.39 is 0 Å². The second-order valence-corrected chi connectivity index (χ2v) is 7.19. The molecule has 0 amide bonds. The third-order valence-corrected chi connectivity index (χ3v) is 4.93. The maximum absolute atomic E-state index is 4.63. The van der Waals surface area contributed by atoms with Crippen LogP contribution in [0.25, 0.3) is 11.3 Å². The molecule has 0 spiro atoms. The van der Waals surface area contributed by atoms with Crippen LogP contribution in [0.5, 0.6) is 0 Å². The monoisotopic (exact) mass is 368 g/mol. The summed E-state index contributed by atoms with van der Waals surface area (Å²) in [4.78, 5) is 18.1. The van der Waals surface area contributed by atoms with Crippen LogP contribution < -0.4 is 10.6 Å². The highest BCUT2D eigenvalue weighted by Crippen LogP contribution is 2.17. The van der Waals surface area contributed by atoms with Gasteiger partial charge < -0.3 is 15.6 Å². The standard InChI is InChI=1S/C19H24N6S/c1-4-20-19(22-11-17-13(2)24-14(3)26-17)23-12-18-21-10-16(25-18)15-8-6-5-7-9-15/h5-10H,4,11-12H2,1-3H3,(H,21,25)(H2,20,22,23). The van der Waals surface area contributed by atoms with E-state index in [0.29, 0.717) is 6.54 Å². The number of thiazole rings is 1. The Morgan fingerprint density at radius 2 is 2.00 bits per heavy atom. The van der Waals surface area contributed by atoms with Crippen molar-refractivity contribution in [2.45, 2.75) is 33.9 Å². The summed E-state index contributed by atoms with van der Waals surface area (Å²) in [7, 11) is 0. The number of aliphatic imine (C=N–C) groups is 1. The molecule has 0 saturated carbocycles. The van der Waals surface area contributed by atoms with Gasteiger partial charge in [0.2, 0.25) is 0 Å². The number of aryl methyl sites for hydroxylation is 2. The molecule has 26 heavy (non-hydrogen) atoms. The molecule has 0 aliphatic carbocycles. The third kappa shape index (κ3) is 4.70. The average Bonchev–Trinajstić information content (AvgIpc) is 3.24. The maximum Gasteiger partial charge on any atom is 0.191 e. The zero-order valence-corrected chi connectivity index (χ0v) is 16.2. The van der Waals surface area contributed by atoms with Crippen molar-refractivity contribution in [2.75, 3.05) is 6.54 Å². The lowest BCUT2D eigenvalue weighted by Crippen LogP contribution is -2.36. The molecule has 0 fully saturated rings. The number of hydrogen-bond donors (Lipinski definition) is 3. The number of benzene rings is 1. The SMILES string of the molecule is CCNC(=NCc1ncc(-c2ccccc2)[nH]1)NCc1sc(C)nc1C. The molecule has 136 valence electrons. The predicted molar refractivity (Wildman–Crippen MR) is 107 cm³/mol. The number of imidazole rings is 1. The van der Waals surface area contributed by atoms with Gasteiger partial charge >= 0.3 is 0 Å². The fraction of sp³-hybridized carbons (Fsp3) is 0.316. The normalized spacial score (nSPS) is 11.6. The zero-order valence-electron chi connectivity index (χ0n) is 15.3. The fourth-order valence-electron chi connectivity index (χ4n) is 2.60. The molecule has 0 radical (unpaired) electrons. The Bertz CT molecular complexity index is 865. The van der Waals surface area contributed by atoms with Crippen molar-refractivity contribution in [3.8, 4) is 11.3 Å². The van der Waals surface area contributed by atoms with Gasteiger partial charge in [-0.05, 0) is 26.3 Å². The van der Waals surface area contributed by atoms with E-state index in [2.05, 4.69) is 49.6 Å². The minimum atomic E-state index is 0.489. The molecule has 2 heterocycles. The molecule has 0 saturated heterocycles. The number of aromatic amines is 1. The van der Waals surface area contributed by atoms with E-state index in [1.54, 1.807) is 11.3 Å². The van der Waals surface area contributed by atoms with Crippen LogP contribution in [0.2, 0.25) is 0 Å². The minimum absolute atomic E-state index is 0.489. The number of nitrogens with zero attached hydrogens (tertiary/aromatic N) is 3. The molecule has 7 heteroatoms. The smallest absolute Gasteiger partial charge is 0.191 e. The van der Waals surface area contributed by atoms with Gasteiger partial charge in [0.15, 0.2) is 5.96 Å². The first-order valence-electron chi connectivity index (χ1n) is 8.70. The van der Waals surface area contributed by atoms with Gasteiger partial charge in [-0.1, -0.05) is 30.3 Å². The first-order chi connectivity index (χ1) is 12.7. The third-order valence-electron chi connectivity index (χ3n) is 3.86. The molecule has 0 aliphatic heterocycles. The van der Waals surface area contributed by atoms with Crippen molar-refractivity contribution in [3.05, 3.63) is 57.9 Å². The molecule has 6 nitrogen and oxygen atoms in total. The molecule has 0 bridgehead atoms. The number of guanidine groups is 1. The lowest BCUT2D eigenvalue weighted by molar-refractivity contribution is 0.810. The quantitative estimate of drug-likeness (QED) is 0.460. The molecular weight excluding hydrogens is 344 g/mol. The van der Waals surface area contributed by atoms with E-state index in [1.807, 2.05) is 38.2 Å². The Kier molecular flexibility index (Phi) is 6.01. The molecule has 0 unspecified atom stereocenters. The average molecular weight is 369 g/mol. The second kappa shape index (κ2) is 8.62. The molecule has 3 aromatic rings. The van der Waals surface area contributed by atoms with Crippen molar-refractivity contribution in [2.24, 2.45) is 4.99 Å². The topological polar surface area (TPSA) is 78.0 Å². The van der Waals surface area contributed by atoms with Crippen LogP contribution in [0.1, 0.15) is 28.3 Å². The molecule has 0 atom stereocenters. The molecule has 3 rings (SSSR count). The Morgan fingerprint density at radius 3 is 2.69 bits per heavy atom. The zero-order chi connectivity index (χ0) is 18.4. The van der Waals surface area contributed by atoms with Crippen LogP contribution in [-0.4, -0.2) is 27.5 Å². The Balaban J connectivity index is 1.64. The molecule has 2 aromatic heterocycles. The highest BCUT2D eigenvalue weighted by Gasteiger charge is 2.07. The number of nitrogens with one attached hydrogen (secondary N) is 3.